The standard InChI is InChI=1S/C10H19N3/c1-10(2,3)13-7-6-12-9(8-13)4-5-11/h9,12H,4,6-8H2,1-3H3/t9-/m0/s1. The van der Waals surface area contributed by atoms with E-state index in [1.165, 1.54) is 0 Å². The molecule has 1 aliphatic rings. The molecular formula is C10H19N3. The van der Waals surface area contributed by atoms with Gasteiger partial charge in [0, 0.05) is 31.2 Å². The first-order chi connectivity index (χ1) is 6.04. The van der Waals surface area contributed by atoms with Crippen molar-refractivity contribution in [2.24, 2.45) is 0 Å². The maximum absolute atomic E-state index is 8.60. The number of hydrogen-bond donors (Lipinski definition) is 1. The Hall–Kier alpha value is -0.590. The van der Waals surface area contributed by atoms with Crippen LogP contribution in [-0.4, -0.2) is 36.1 Å². The molecule has 1 heterocycles. The van der Waals surface area contributed by atoms with Gasteiger partial charge in [-0.15, -0.1) is 0 Å². The Kier molecular flexibility index (Phi) is 3.29. The summed E-state index contributed by atoms with van der Waals surface area (Å²) in [5.74, 6) is 0. The lowest BCUT2D eigenvalue weighted by molar-refractivity contribution is 0.0967. The molecule has 3 heteroatoms. The first-order valence-corrected chi connectivity index (χ1v) is 4.89. The molecule has 0 saturated carbocycles. The molecule has 1 N–H and O–H groups in total. The highest BCUT2D eigenvalue weighted by Crippen LogP contribution is 2.15. The Morgan fingerprint density at radius 3 is 2.77 bits per heavy atom. The van der Waals surface area contributed by atoms with E-state index >= 15 is 0 Å². The molecule has 3 nitrogen and oxygen atoms in total. The van der Waals surface area contributed by atoms with Gasteiger partial charge in [0.2, 0.25) is 0 Å². The van der Waals surface area contributed by atoms with Crippen molar-refractivity contribution in [1.29, 1.82) is 5.26 Å². The van der Waals surface area contributed by atoms with Crippen molar-refractivity contribution in [2.75, 3.05) is 19.6 Å². The smallest absolute Gasteiger partial charge is 0.0638 e. The minimum absolute atomic E-state index is 0.232. The molecule has 0 radical (unpaired) electrons. The molecule has 0 aromatic carbocycles. The van der Waals surface area contributed by atoms with Gasteiger partial charge in [0.1, 0.15) is 0 Å². The minimum atomic E-state index is 0.232. The summed E-state index contributed by atoms with van der Waals surface area (Å²) in [6.45, 7) is 9.76. The van der Waals surface area contributed by atoms with Crippen molar-refractivity contribution in [3.8, 4) is 6.07 Å². The second-order valence-electron chi connectivity index (χ2n) is 4.63. The van der Waals surface area contributed by atoms with Gasteiger partial charge in [0.25, 0.3) is 0 Å². The van der Waals surface area contributed by atoms with Crippen LogP contribution in [0.25, 0.3) is 0 Å². The summed E-state index contributed by atoms with van der Waals surface area (Å²) in [5.41, 5.74) is 0.232. The zero-order valence-corrected chi connectivity index (χ0v) is 8.80. The molecule has 0 aliphatic carbocycles. The summed E-state index contributed by atoms with van der Waals surface area (Å²) >= 11 is 0. The number of nitriles is 1. The fraction of sp³-hybridized carbons (Fsp3) is 0.900. The van der Waals surface area contributed by atoms with E-state index in [1.807, 2.05) is 0 Å². The van der Waals surface area contributed by atoms with Gasteiger partial charge in [-0.3, -0.25) is 4.90 Å². The van der Waals surface area contributed by atoms with Gasteiger partial charge in [-0.2, -0.15) is 5.26 Å². The van der Waals surface area contributed by atoms with Crippen LogP contribution in [0.5, 0.6) is 0 Å². The van der Waals surface area contributed by atoms with Gasteiger partial charge < -0.3 is 5.32 Å². The first-order valence-electron chi connectivity index (χ1n) is 4.89. The van der Waals surface area contributed by atoms with Gasteiger partial charge in [0.05, 0.1) is 12.5 Å². The number of piperazine rings is 1. The van der Waals surface area contributed by atoms with E-state index in [0.29, 0.717) is 12.5 Å². The largest absolute Gasteiger partial charge is 0.310 e. The Morgan fingerprint density at radius 2 is 2.23 bits per heavy atom. The second kappa shape index (κ2) is 4.08. The molecule has 0 aromatic heterocycles. The summed E-state index contributed by atoms with van der Waals surface area (Å²) in [7, 11) is 0. The fourth-order valence-corrected chi connectivity index (χ4v) is 1.68. The molecule has 1 aliphatic heterocycles. The minimum Gasteiger partial charge on any atom is -0.310 e. The average molecular weight is 181 g/mol. The quantitative estimate of drug-likeness (QED) is 0.655. The highest BCUT2D eigenvalue weighted by atomic mass is 15.2. The molecule has 74 valence electrons. The number of nitrogens with one attached hydrogen (secondary N) is 1. The van der Waals surface area contributed by atoms with E-state index in [0.717, 1.165) is 19.6 Å². The summed E-state index contributed by atoms with van der Waals surface area (Å²) in [4.78, 5) is 2.44. The molecule has 1 atom stereocenters. The van der Waals surface area contributed by atoms with Gasteiger partial charge in [0.15, 0.2) is 0 Å². The third-order valence-electron chi connectivity index (χ3n) is 2.54. The highest BCUT2D eigenvalue weighted by molar-refractivity contribution is 4.90. The molecule has 0 spiro atoms. The fourth-order valence-electron chi connectivity index (χ4n) is 1.68. The van der Waals surface area contributed by atoms with Gasteiger partial charge >= 0.3 is 0 Å². The summed E-state index contributed by atoms with van der Waals surface area (Å²) in [5, 5.41) is 12.0. The van der Waals surface area contributed by atoms with Crippen LogP contribution in [0.15, 0.2) is 0 Å². The van der Waals surface area contributed by atoms with E-state index in [9.17, 15) is 0 Å². The monoisotopic (exact) mass is 181 g/mol. The van der Waals surface area contributed by atoms with Crippen LogP contribution < -0.4 is 5.32 Å². The third kappa shape index (κ3) is 2.98. The lowest BCUT2D eigenvalue weighted by Crippen LogP contribution is -2.56. The van der Waals surface area contributed by atoms with Crippen molar-refractivity contribution in [2.45, 2.75) is 38.8 Å². The number of hydrogen-bond acceptors (Lipinski definition) is 3. The van der Waals surface area contributed by atoms with Crippen LogP contribution in [0, 0.1) is 11.3 Å². The van der Waals surface area contributed by atoms with E-state index in [-0.39, 0.29) is 5.54 Å². The lowest BCUT2D eigenvalue weighted by atomic mass is 10.0. The summed E-state index contributed by atoms with van der Waals surface area (Å²) < 4.78 is 0. The van der Waals surface area contributed by atoms with E-state index < -0.39 is 0 Å². The Labute approximate surface area is 80.7 Å². The normalized spacial score (nSPS) is 25.5. The van der Waals surface area contributed by atoms with Crippen LogP contribution >= 0.6 is 0 Å². The second-order valence-corrected chi connectivity index (χ2v) is 4.63. The zero-order valence-electron chi connectivity index (χ0n) is 8.80. The van der Waals surface area contributed by atoms with Crippen molar-refractivity contribution >= 4 is 0 Å². The third-order valence-corrected chi connectivity index (χ3v) is 2.54. The molecule has 1 fully saturated rings. The summed E-state index contributed by atoms with van der Waals surface area (Å²) in [6, 6.07) is 2.58. The zero-order chi connectivity index (χ0) is 9.90. The number of rotatable bonds is 1. The van der Waals surface area contributed by atoms with Gasteiger partial charge in [-0.1, -0.05) is 0 Å². The maximum atomic E-state index is 8.60. The van der Waals surface area contributed by atoms with Crippen LogP contribution in [0.1, 0.15) is 27.2 Å². The van der Waals surface area contributed by atoms with Crippen molar-refractivity contribution in [3.63, 3.8) is 0 Å². The molecule has 1 rings (SSSR count). The summed E-state index contributed by atoms with van der Waals surface area (Å²) in [6.07, 6.45) is 0.618. The Balaban J connectivity index is 2.48. The first kappa shape index (κ1) is 10.5. The van der Waals surface area contributed by atoms with Crippen molar-refractivity contribution in [1.82, 2.24) is 10.2 Å². The average Bonchev–Trinajstić information content (AvgIpc) is 2.04. The molecule has 13 heavy (non-hydrogen) atoms. The van der Waals surface area contributed by atoms with Crippen LogP contribution in [0.4, 0.5) is 0 Å². The molecule has 0 unspecified atom stereocenters. The Morgan fingerprint density at radius 1 is 1.54 bits per heavy atom. The predicted octanol–water partition coefficient (Wildman–Crippen LogP) is 0.972. The predicted molar refractivity (Wildman–Crippen MR) is 53.3 cm³/mol. The van der Waals surface area contributed by atoms with Crippen molar-refractivity contribution < 1.29 is 0 Å². The highest BCUT2D eigenvalue weighted by Gasteiger charge is 2.26. The molecular weight excluding hydrogens is 162 g/mol. The topological polar surface area (TPSA) is 39.1 Å². The number of nitrogens with zero attached hydrogens (tertiary/aromatic N) is 2. The maximum Gasteiger partial charge on any atom is 0.0638 e. The van der Waals surface area contributed by atoms with Crippen LogP contribution in [0.3, 0.4) is 0 Å². The van der Waals surface area contributed by atoms with Crippen molar-refractivity contribution in [3.05, 3.63) is 0 Å². The molecule has 1 saturated heterocycles. The van der Waals surface area contributed by atoms with E-state index in [1.54, 1.807) is 0 Å². The molecule has 0 bridgehead atoms. The van der Waals surface area contributed by atoms with E-state index in [2.05, 4.69) is 37.1 Å². The Bertz CT molecular complexity index is 199. The van der Waals surface area contributed by atoms with Gasteiger partial charge in [-0.05, 0) is 20.8 Å². The lowest BCUT2D eigenvalue weighted by Gasteiger charge is -2.41. The molecule has 0 aromatic rings. The SMILES string of the molecule is CC(C)(C)N1CCN[C@@H](CC#N)C1. The van der Waals surface area contributed by atoms with E-state index in [4.69, 9.17) is 5.26 Å². The molecule has 0 amide bonds. The van der Waals surface area contributed by atoms with Gasteiger partial charge in [-0.25, -0.2) is 0 Å². The van der Waals surface area contributed by atoms with Crippen LogP contribution in [0.2, 0.25) is 0 Å². The van der Waals surface area contributed by atoms with Crippen LogP contribution in [-0.2, 0) is 0 Å².